The number of nitro benzene ring substituents is 1. The summed E-state index contributed by atoms with van der Waals surface area (Å²) < 4.78 is 6.70. The maximum atomic E-state index is 10.8. The van der Waals surface area contributed by atoms with E-state index in [1.807, 2.05) is 0 Å². The van der Waals surface area contributed by atoms with Crippen LogP contribution in [0.1, 0.15) is 5.69 Å². The highest BCUT2D eigenvalue weighted by Crippen LogP contribution is 2.34. The highest BCUT2D eigenvalue weighted by molar-refractivity contribution is 5.77. The number of nitrogens with zero attached hydrogens (tertiary/aromatic N) is 7. The van der Waals surface area contributed by atoms with Crippen molar-refractivity contribution in [3.05, 3.63) is 64.3 Å². The maximum absolute atomic E-state index is 10.8. The minimum atomic E-state index is -0.482. The topological polar surface area (TPSA) is 161 Å². The number of rotatable bonds is 6. The van der Waals surface area contributed by atoms with Crippen molar-refractivity contribution in [3.63, 3.8) is 0 Å². The predicted octanol–water partition coefficient (Wildman–Crippen LogP) is 5.30. The lowest BCUT2D eigenvalue weighted by atomic mass is 10.3. The van der Waals surface area contributed by atoms with E-state index in [0.29, 0.717) is 34.2 Å². The summed E-state index contributed by atoms with van der Waals surface area (Å²) in [5.41, 5.74) is 8.47. The van der Waals surface area contributed by atoms with E-state index >= 15 is 0 Å². The minimum Gasteiger partial charge on any atom is -0.497 e. The second-order valence-corrected chi connectivity index (χ2v) is 6.43. The van der Waals surface area contributed by atoms with E-state index in [0.717, 1.165) is 5.75 Å². The van der Waals surface area contributed by atoms with E-state index in [9.17, 15) is 10.1 Å². The molecule has 0 saturated heterocycles. The van der Waals surface area contributed by atoms with Crippen molar-refractivity contribution in [3.8, 4) is 5.75 Å². The molecule has 2 aromatic carbocycles. The molecule has 0 fully saturated rings. The van der Waals surface area contributed by atoms with Gasteiger partial charge in [0.15, 0.2) is 17.2 Å². The smallest absolute Gasteiger partial charge is 0.269 e. The van der Waals surface area contributed by atoms with E-state index in [1.165, 1.54) is 24.3 Å². The lowest BCUT2D eigenvalue weighted by molar-refractivity contribution is -0.384. The quantitative estimate of drug-likeness (QED) is 0.246. The van der Waals surface area contributed by atoms with Crippen molar-refractivity contribution in [1.82, 2.24) is 14.6 Å². The standard InChI is InChI=1S/C19H17N9O3/c1-11-18(25-23-13-5-9-15(31-2)10-6-13)27-19(21-11)16(17(20)26-27)24-22-12-3-7-14(8-4-12)28(29)30/h3-10,26H,20H2,1-2H3. The van der Waals surface area contributed by atoms with Gasteiger partial charge in [0.2, 0.25) is 0 Å². The third kappa shape index (κ3) is 3.94. The zero-order valence-electron chi connectivity index (χ0n) is 16.6. The van der Waals surface area contributed by atoms with Crippen LogP contribution in [0, 0.1) is 17.0 Å². The SMILES string of the molecule is COc1ccc(N=Nc2c(C)nc3c(N=Nc4ccc([N+](=O)[O-])cc4)c(N)[nH]n23)cc1. The van der Waals surface area contributed by atoms with Gasteiger partial charge in [0, 0.05) is 12.1 Å². The molecule has 0 saturated carbocycles. The molecule has 12 heteroatoms. The van der Waals surface area contributed by atoms with Crippen molar-refractivity contribution < 1.29 is 9.66 Å². The van der Waals surface area contributed by atoms with Crippen LogP contribution in [-0.4, -0.2) is 26.6 Å². The third-order valence-corrected chi connectivity index (χ3v) is 4.38. The molecule has 0 unspecified atom stereocenters. The first-order chi connectivity index (χ1) is 15.0. The highest BCUT2D eigenvalue weighted by Gasteiger charge is 2.17. The lowest BCUT2D eigenvalue weighted by Gasteiger charge is -1.98. The maximum Gasteiger partial charge on any atom is 0.269 e. The Hall–Kier alpha value is -4.61. The van der Waals surface area contributed by atoms with Crippen molar-refractivity contribution in [2.24, 2.45) is 20.5 Å². The number of H-pyrrole nitrogens is 1. The van der Waals surface area contributed by atoms with Gasteiger partial charge in [-0.1, -0.05) is 0 Å². The number of hydrogen-bond donors (Lipinski definition) is 2. The fraction of sp³-hybridized carbons (Fsp3) is 0.105. The molecule has 0 amide bonds. The third-order valence-electron chi connectivity index (χ3n) is 4.38. The van der Waals surface area contributed by atoms with Gasteiger partial charge in [-0.2, -0.15) is 5.11 Å². The van der Waals surface area contributed by atoms with E-state index in [2.05, 4.69) is 30.5 Å². The van der Waals surface area contributed by atoms with Crippen LogP contribution < -0.4 is 10.5 Å². The Morgan fingerprint density at radius 3 is 2.26 bits per heavy atom. The molecule has 0 aliphatic rings. The summed E-state index contributed by atoms with van der Waals surface area (Å²) in [7, 11) is 1.59. The van der Waals surface area contributed by atoms with Crippen molar-refractivity contribution in [2.75, 3.05) is 12.8 Å². The number of nitrogen functional groups attached to an aromatic ring is 1. The van der Waals surface area contributed by atoms with Crippen LogP contribution in [0.4, 0.5) is 34.4 Å². The van der Waals surface area contributed by atoms with Crippen molar-refractivity contribution in [2.45, 2.75) is 6.92 Å². The monoisotopic (exact) mass is 419 g/mol. The number of aryl methyl sites for hydroxylation is 1. The Morgan fingerprint density at radius 1 is 1.03 bits per heavy atom. The number of nitro groups is 1. The molecule has 3 N–H and O–H groups in total. The predicted molar refractivity (Wildman–Crippen MR) is 113 cm³/mol. The number of imidazole rings is 1. The van der Waals surface area contributed by atoms with Crippen molar-refractivity contribution in [1.29, 1.82) is 0 Å². The number of nitrogens with two attached hydrogens (primary N) is 1. The van der Waals surface area contributed by atoms with Gasteiger partial charge in [-0.3, -0.25) is 15.2 Å². The molecule has 4 aromatic rings. The summed E-state index contributed by atoms with van der Waals surface area (Å²) in [4.78, 5) is 14.7. The molecule has 0 bridgehead atoms. The molecule has 2 aromatic heterocycles. The van der Waals surface area contributed by atoms with Crippen molar-refractivity contribution >= 4 is 40.0 Å². The summed E-state index contributed by atoms with van der Waals surface area (Å²) >= 11 is 0. The van der Waals surface area contributed by atoms with Gasteiger partial charge in [0.25, 0.3) is 5.69 Å². The van der Waals surface area contributed by atoms with Gasteiger partial charge >= 0.3 is 0 Å². The molecule has 0 atom stereocenters. The summed E-state index contributed by atoms with van der Waals surface area (Å²) in [6.07, 6.45) is 0. The van der Waals surface area contributed by atoms with Crippen LogP contribution in [0.2, 0.25) is 0 Å². The summed E-state index contributed by atoms with van der Waals surface area (Å²) in [6, 6.07) is 12.8. The first-order valence-electron chi connectivity index (χ1n) is 9.04. The van der Waals surface area contributed by atoms with Crippen LogP contribution in [0.5, 0.6) is 5.75 Å². The first kappa shape index (κ1) is 19.7. The molecule has 156 valence electrons. The van der Waals surface area contributed by atoms with Gasteiger partial charge in [-0.05, 0) is 43.3 Å². The zero-order chi connectivity index (χ0) is 22.0. The molecular formula is C19H17N9O3. The zero-order valence-corrected chi connectivity index (χ0v) is 16.6. The fourth-order valence-corrected chi connectivity index (χ4v) is 2.80. The number of fused-ring (bicyclic) bond motifs is 1. The number of azo groups is 2. The van der Waals surface area contributed by atoms with Crippen LogP contribution in [-0.2, 0) is 0 Å². The van der Waals surface area contributed by atoms with E-state index in [1.54, 1.807) is 42.8 Å². The Bertz CT molecular complexity index is 1300. The second kappa shape index (κ2) is 8.02. The number of non-ortho nitro benzene ring substituents is 1. The second-order valence-electron chi connectivity index (χ2n) is 6.43. The number of methoxy groups -OCH3 is 1. The number of aromatic amines is 1. The number of aromatic nitrogens is 3. The Balaban J connectivity index is 1.63. The Labute approximate surface area is 175 Å². The molecule has 0 spiro atoms. The molecule has 2 heterocycles. The molecule has 12 nitrogen and oxygen atoms in total. The van der Waals surface area contributed by atoms with Gasteiger partial charge < -0.3 is 10.5 Å². The Morgan fingerprint density at radius 2 is 1.65 bits per heavy atom. The molecule has 0 aliphatic heterocycles. The van der Waals surface area contributed by atoms with Gasteiger partial charge in [-0.15, -0.1) is 15.3 Å². The number of ether oxygens (including phenoxy) is 1. The van der Waals surface area contributed by atoms with Crippen LogP contribution in [0.3, 0.4) is 0 Å². The van der Waals surface area contributed by atoms with Crippen LogP contribution >= 0.6 is 0 Å². The molecule has 31 heavy (non-hydrogen) atoms. The minimum absolute atomic E-state index is 0.0294. The summed E-state index contributed by atoms with van der Waals surface area (Å²) in [5.74, 6) is 1.44. The normalized spacial score (nSPS) is 11.7. The largest absolute Gasteiger partial charge is 0.497 e. The van der Waals surface area contributed by atoms with Gasteiger partial charge in [0.1, 0.15) is 11.6 Å². The van der Waals surface area contributed by atoms with E-state index < -0.39 is 4.92 Å². The van der Waals surface area contributed by atoms with Crippen LogP contribution in [0.15, 0.2) is 69.0 Å². The summed E-state index contributed by atoms with van der Waals surface area (Å²) in [6.45, 7) is 1.79. The number of hydrogen-bond acceptors (Lipinski definition) is 9. The van der Waals surface area contributed by atoms with E-state index in [-0.39, 0.29) is 11.5 Å². The summed E-state index contributed by atoms with van der Waals surface area (Å²) in [5, 5.41) is 30.5. The van der Waals surface area contributed by atoms with Gasteiger partial charge in [0.05, 0.1) is 29.1 Å². The van der Waals surface area contributed by atoms with E-state index in [4.69, 9.17) is 10.5 Å². The Kier molecular flexibility index (Phi) is 5.10. The van der Waals surface area contributed by atoms with Gasteiger partial charge in [-0.25, -0.2) is 9.50 Å². The molecule has 4 rings (SSSR count). The average Bonchev–Trinajstić information content (AvgIpc) is 3.24. The first-order valence-corrected chi connectivity index (χ1v) is 9.04. The molecule has 0 radical (unpaired) electrons. The number of benzene rings is 2. The molecule has 0 aliphatic carbocycles. The average molecular weight is 419 g/mol. The fourth-order valence-electron chi connectivity index (χ4n) is 2.80. The number of anilines is 1. The number of nitrogens with one attached hydrogen (secondary N) is 1. The van der Waals surface area contributed by atoms with Crippen LogP contribution in [0.25, 0.3) is 5.65 Å². The molecular weight excluding hydrogens is 402 g/mol. The lowest BCUT2D eigenvalue weighted by Crippen LogP contribution is -1.88. The highest BCUT2D eigenvalue weighted by atomic mass is 16.6.